The highest BCUT2D eigenvalue weighted by Crippen LogP contribution is 2.32. The van der Waals surface area contributed by atoms with Gasteiger partial charge in [0.05, 0.1) is 25.1 Å². The van der Waals surface area contributed by atoms with E-state index in [-0.39, 0.29) is 52.2 Å². The van der Waals surface area contributed by atoms with Gasteiger partial charge in [0.2, 0.25) is 5.28 Å². The van der Waals surface area contributed by atoms with Crippen molar-refractivity contribution in [1.29, 1.82) is 0 Å². The Labute approximate surface area is 202 Å². The second-order valence-electron chi connectivity index (χ2n) is 7.21. The average molecular weight is 513 g/mol. The molecule has 1 N–H and O–H groups in total. The van der Waals surface area contributed by atoms with E-state index in [0.29, 0.717) is 24.2 Å². The van der Waals surface area contributed by atoms with E-state index in [1.165, 1.54) is 24.5 Å². The lowest BCUT2D eigenvalue weighted by atomic mass is 10.1. The average Bonchev–Trinajstić information content (AvgIpc) is 2.77. The van der Waals surface area contributed by atoms with Crippen LogP contribution in [-0.4, -0.2) is 38.9 Å². The molecule has 0 aliphatic heterocycles. The summed E-state index contributed by atoms with van der Waals surface area (Å²) in [7, 11) is -1.13. The van der Waals surface area contributed by atoms with E-state index in [1.807, 2.05) is 0 Å². The minimum atomic E-state index is -1.13. The van der Waals surface area contributed by atoms with Crippen LogP contribution in [0.5, 0.6) is 11.5 Å². The van der Waals surface area contributed by atoms with Crippen molar-refractivity contribution in [2.45, 2.75) is 18.6 Å². The third-order valence-electron chi connectivity index (χ3n) is 4.52. The molecule has 3 aromatic rings. The Morgan fingerprint density at radius 1 is 1.15 bits per heavy atom. The van der Waals surface area contributed by atoms with Crippen molar-refractivity contribution in [2.24, 2.45) is 0 Å². The zero-order valence-electron chi connectivity index (χ0n) is 18.0. The topological polar surface area (TPSA) is 108 Å². The van der Waals surface area contributed by atoms with Crippen LogP contribution < -0.4 is 14.7 Å². The monoisotopic (exact) mass is 512 g/mol. The van der Waals surface area contributed by atoms with Crippen LogP contribution in [0.4, 0.5) is 14.5 Å². The molecule has 1 atom stereocenters. The number of anilines is 1. The van der Waals surface area contributed by atoms with Gasteiger partial charge in [0.25, 0.3) is 0 Å². The van der Waals surface area contributed by atoms with Gasteiger partial charge in [-0.15, -0.1) is 0 Å². The van der Waals surface area contributed by atoms with E-state index in [9.17, 15) is 23.4 Å². The third kappa shape index (κ3) is 7.32. The zero-order valence-corrected chi connectivity index (χ0v) is 19.6. The number of hydrogen-bond donors (Lipinski definition) is 1. The van der Waals surface area contributed by atoms with Crippen LogP contribution >= 0.6 is 11.6 Å². The van der Waals surface area contributed by atoms with E-state index < -0.39 is 22.4 Å². The Morgan fingerprint density at radius 2 is 1.88 bits per heavy atom. The third-order valence-corrected chi connectivity index (χ3v) is 5.44. The number of unbranched alkanes of at least 4 members (excludes halogenated alkanes) is 1. The molecule has 1 aromatic heterocycles. The van der Waals surface area contributed by atoms with E-state index in [1.54, 1.807) is 6.07 Å². The number of ether oxygens (including phenoxy) is 2. The molecule has 0 radical (unpaired) electrons. The first kappa shape index (κ1) is 25.8. The molecule has 0 spiro atoms. The van der Waals surface area contributed by atoms with Crippen molar-refractivity contribution in [3.8, 4) is 22.8 Å². The number of rotatable bonds is 11. The molecule has 34 heavy (non-hydrogen) atoms. The minimum Gasteiger partial charge on any atom is -0.733 e. The first-order valence-corrected chi connectivity index (χ1v) is 12.2. The molecular formula is C22H21ClF2N3O5S-. The predicted molar refractivity (Wildman–Crippen MR) is 124 cm³/mol. The molecule has 8 nitrogen and oxygen atoms in total. The van der Waals surface area contributed by atoms with Gasteiger partial charge in [-0.05, 0) is 54.3 Å². The standard InChI is InChI=1S/C22H21ClF2N3O5S/c1-34(31)13-14-8-16(28(29)30)11-17(9-14)32-6-2-3-7-33-20-10-15(24)4-5-18(20)21-19(25)12-26-22(23)27-21/h4-5,8-12,29H,2-3,6-7,13H2,1H3/q-1. The molecule has 1 unspecified atom stereocenters. The lowest BCUT2D eigenvalue weighted by Crippen LogP contribution is -2.09. The summed E-state index contributed by atoms with van der Waals surface area (Å²) < 4.78 is 50.7. The summed E-state index contributed by atoms with van der Waals surface area (Å²) >= 11 is 5.76. The molecule has 3 rings (SSSR count). The minimum absolute atomic E-state index is 0.0306. The fourth-order valence-electron chi connectivity index (χ4n) is 3.08. The largest absolute Gasteiger partial charge is 0.733 e. The molecule has 0 amide bonds. The Balaban J connectivity index is 1.57. The van der Waals surface area contributed by atoms with Gasteiger partial charge in [0.1, 0.15) is 23.0 Å². The van der Waals surface area contributed by atoms with E-state index >= 15 is 0 Å². The van der Waals surface area contributed by atoms with Crippen LogP contribution in [0.25, 0.3) is 11.3 Å². The highest BCUT2D eigenvalue weighted by Gasteiger charge is 2.15. The summed E-state index contributed by atoms with van der Waals surface area (Å²) in [6.07, 6.45) is 3.51. The Bertz CT molecular complexity index is 1170. The Morgan fingerprint density at radius 3 is 2.59 bits per heavy atom. The summed E-state index contributed by atoms with van der Waals surface area (Å²) in [5.74, 6) is -0.611. The molecule has 0 fully saturated rings. The Hall–Kier alpha value is -2.86. The quantitative estimate of drug-likeness (QED) is 0.220. The molecule has 0 saturated heterocycles. The summed E-state index contributed by atoms with van der Waals surface area (Å²) in [5, 5.41) is 20.0. The lowest BCUT2D eigenvalue weighted by Gasteiger charge is -2.23. The molecule has 2 aromatic carbocycles. The van der Waals surface area contributed by atoms with Crippen molar-refractivity contribution in [1.82, 2.24) is 9.97 Å². The highest BCUT2D eigenvalue weighted by molar-refractivity contribution is 7.83. The molecule has 0 aliphatic rings. The first-order chi connectivity index (χ1) is 16.2. The molecular weight excluding hydrogens is 492 g/mol. The van der Waals surface area contributed by atoms with Crippen molar-refractivity contribution in [3.63, 3.8) is 0 Å². The van der Waals surface area contributed by atoms with Gasteiger partial charge in [-0.3, -0.25) is 9.42 Å². The number of hydrogen-bond acceptors (Lipinski definition) is 8. The van der Waals surface area contributed by atoms with Crippen molar-refractivity contribution in [3.05, 3.63) is 70.3 Å². The molecule has 182 valence electrons. The van der Waals surface area contributed by atoms with Gasteiger partial charge < -0.3 is 19.9 Å². The second kappa shape index (κ2) is 12.0. The van der Waals surface area contributed by atoms with Crippen LogP contribution in [0.3, 0.4) is 0 Å². The first-order valence-electron chi connectivity index (χ1n) is 10.1. The predicted octanol–water partition coefficient (Wildman–Crippen LogP) is 4.89. The summed E-state index contributed by atoms with van der Waals surface area (Å²) in [5.41, 5.74) is 0.695. The van der Waals surface area contributed by atoms with Crippen LogP contribution in [0.1, 0.15) is 18.4 Å². The van der Waals surface area contributed by atoms with Gasteiger partial charge in [0, 0.05) is 40.5 Å². The number of nitrogens with zero attached hydrogens (tertiary/aromatic N) is 3. The summed E-state index contributed by atoms with van der Waals surface area (Å²) in [6.45, 7) is 0.448. The lowest BCUT2D eigenvalue weighted by molar-refractivity contribution is 0.265. The number of aromatic nitrogens is 2. The SMILES string of the molecule is CS(=O)Cc1cc(OCCCCOc2cc(F)ccc2-c2nc(Cl)ncc2F)cc(N([O-])O)c1. The van der Waals surface area contributed by atoms with Crippen molar-refractivity contribution >= 4 is 28.1 Å². The zero-order chi connectivity index (χ0) is 24.7. The summed E-state index contributed by atoms with van der Waals surface area (Å²) in [6, 6.07) is 8.09. The van der Waals surface area contributed by atoms with Crippen LogP contribution in [0, 0.1) is 16.8 Å². The molecule has 12 heteroatoms. The number of halogens is 3. The second-order valence-corrected chi connectivity index (χ2v) is 8.98. The number of benzene rings is 2. The van der Waals surface area contributed by atoms with Gasteiger partial charge >= 0.3 is 0 Å². The molecule has 1 heterocycles. The van der Waals surface area contributed by atoms with Crippen molar-refractivity contribution < 1.29 is 27.7 Å². The van der Waals surface area contributed by atoms with Gasteiger partial charge in [-0.2, -0.15) is 0 Å². The van der Waals surface area contributed by atoms with Crippen LogP contribution in [-0.2, 0) is 16.6 Å². The van der Waals surface area contributed by atoms with Crippen molar-refractivity contribution in [2.75, 3.05) is 24.7 Å². The fourth-order valence-corrected chi connectivity index (χ4v) is 3.85. The van der Waals surface area contributed by atoms with E-state index in [2.05, 4.69) is 9.97 Å². The van der Waals surface area contributed by atoms with Gasteiger partial charge in [-0.1, -0.05) is 0 Å². The molecule has 0 bridgehead atoms. The Kier molecular flexibility index (Phi) is 9.11. The maximum atomic E-state index is 14.2. The smallest absolute Gasteiger partial charge is 0.223 e. The maximum absolute atomic E-state index is 14.2. The van der Waals surface area contributed by atoms with Crippen LogP contribution in [0.15, 0.2) is 42.6 Å². The molecule has 0 aliphatic carbocycles. The normalized spacial score (nSPS) is 11.8. The highest BCUT2D eigenvalue weighted by atomic mass is 35.5. The van der Waals surface area contributed by atoms with Gasteiger partial charge in [0.15, 0.2) is 5.82 Å². The van der Waals surface area contributed by atoms with Crippen LogP contribution in [0.2, 0.25) is 5.28 Å². The van der Waals surface area contributed by atoms with Gasteiger partial charge in [-0.25, -0.2) is 18.7 Å². The fraction of sp³-hybridized carbons (Fsp3) is 0.273. The van der Waals surface area contributed by atoms with E-state index in [4.69, 9.17) is 21.1 Å². The summed E-state index contributed by atoms with van der Waals surface area (Å²) in [4.78, 5) is 7.43. The molecule has 0 saturated carbocycles. The maximum Gasteiger partial charge on any atom is 0.223 e. The van der Waals surface area contributed by atoms with E-state index in [0.717, 1.165) is 18.3 Å².